The molecule has 0 amide bonds. The highest BCUT2D eigenvalue weighted by Gasteiger charge is 2.02. The van der Waals surface area contributed by atoms with Crippen molar-refractivity contribution < 1.29 is 0 Å². The lowest BCUT2D eigenvalue weighted by molar-refractivity contribution is 0.645. The summed E-state index contributed by atoms with van der Waals surface area (Å²) in [5.74, 6) is 0.705. The van der Waals surface area contributed by atoms with Crippen LogP contribution in [-0.4, -0.2) is 9.38 Å². The fourth-order valence-electron chi connectivity index (χ4n) is 1.85. The van der Waals surface area contributed by atoms with Gasteiger partial charge in [0.25, 0.3) is 0 Å². The number of fused-ring (bicyclic) bond motifs is 1. The number of pyridine rings is 1. The Hall–Kier alpha value is -1.31. The Morgan fingerprint density at radius 1 is 1.27 bits per heavy atom. The molecule has 0 N–H and O–H groups in total. The molecule has 0 aliphatic heterocycles. The minimum absolute atomic E-state index is 0.705. The van der Waals surface area contributed by atoms with Gasteiger partial charge in [-0.25, -0.2) is 4.98 Å². The van der Waals surface area contributed by atoms with Crippen LogP contribution in [0.25, 0.3) is 5.65 Å². The van der Waals surface area contributed by atoms with Crippen LogP contribution in [0.15, 0.2) is 24.5 Å². The first-order chi connectivity index (χ1) is 7.19. The molecule has 0 radical (unpaired) electrons. The summed E-state index contributed by atoms with van der Waals surface area (Å²) in [6.07, 6.45) is 6.46. The molecule has 2 aromatic heterocycles. The van der Waals surface area contributed by atoms with Gasteiger partial charge in [0.05, 0.1) is 5.69 Å². The molecule has 0 aliphatic rings. The molecule has 2 aromatic rings. The SMILES string of the molecule is CCc1cn2cc(CC(C)C)ccc2n1. The van der Waals surface area contributed by atoms with E-state index in [0.29, 0.717) is 5.92 Å². The van der Waals surface area contributed by atoms with Gasteiger partial charge in [-0.2, -0.15) is 0 Å². The normalized spacial score (nSPS) is 11.5. The number of imidazole rings is 1. The summed E-state index contributed by atoms with van der Waals surface area (Å²) < 4.78 is 2.14. The van der Waals surface area contributed by atoms with E-state index >= 15 is 0 Å². The Labute approximate surface area is 91.0 Å². The largest absolute Gasteiger partial charge is 0.307 e. The Morgan fingerprint density at radius 2 is 2.07 bits per heavy atom. The molecule has 0 spiro atoms. The highest BCUT2D eigenvalue weighted by Crippen LogP contribution is 2.11. The minimum Gasteiger partial charge on any atom is -0.307 e. The van der Waals surface area contributed by atoms with Crippen LogP contribution in [0.5, 0.6) is 0 Å². The van der Waals surface area contributed by atoms with Gasteiger partial charge in [0.1, 0.15) is 5.65 Å². The van der Waals surface area contributed by atoms with Gasteiger partial charge in [0.15, 0.2) is 0 Å². The average Bonchev–Trinajstić information content (AvgIpc) is 2.58. The fraction of sp³-hybridized carbons (Fsp3) is 0.462. The Balaban J connectivity index is 2.37. The lowest BCUT2D eigenvalue weighted by Crippen LogP contribution is -1.95. The van der Waals surface area contributed by atoms with Crippen LogP contribution >= 0.6 is 0 Å². The number of aromatic nitrogens is 2. The van der Waals surface area contributed by atoms with Crippen LogP contribution in [-0.2, 0) is 12.8 Å². The van der Waals surface area contributed by atoms with E-state index in [1.165, 1.54) is 5.56 Å². The summed E-state index contributed by atoms with van der Waals surface area (Å²) >= 11 is 0. The summed E-state index contributed by atoms with van der Waals surface area (Å²) in [5.41, 5.74) is 3.61. The summed E-state index contributed by atoms with van der Waals surface area (Å²) in [7, 11) is 0. The smallest absolute Gasteiger partial charge is 0.136 e. The molecule has 0 bridgehead atoms. The zero-order valence-electron chi connectivity index (χ0n) is 9.70. The number of aryl methyl sites for hydroxylation is 1. The molecule has 15 heavy (non-hydrogen) atoms. The molecular weight excluding hydrogens is 184 g/mol. The topological polar surface area (TPSA) is 17.3 Å². The molecule has 0 fully saturated rings. The predicted octanol–water partition coefficient (Wildman–Crippen LogP) is 3.10. The molecule has 2 heteroatoms. The van der Waals surface area contributed by atoms with E-state index in [9.17, 15) is 0 Å². The van der Waals surface area contributed by atoms with Crippen molar-refractivity contribution in [1.29, 1.82) is 0 Å². The lowest BCUT2D eigenvalue weighted by Gasteiger charge is -2.04. The monoisotopic (exact) mass is 202 g/mol. The predicted molar refractivity (Wildman–Crippen MR) is 63.1 cm³/mol. The Kier molecular flexibility index (Phi) is 2.76. The second-order valence-electron chi connectivity index (χ2n) is 4.49. The lowest BCUT2D eigenvalue weighted by atomic mass is 10.1. The van der Waals surface area contributed by atoms with Gasteiger partial charge in [0, 0.05) is 12.4 Å². The first-order valence-electron chi connectivity index (χ1n) is 5.65. The Bertz CT molecular complexity index is 455. The molecule has 0 aliphatic carbocycles. The maximum absolute atomic E-state index is 4.51. The van der Waals surface area contributed by atoms with E-state index in [4.69, 9.17) is 0 Å². The highest BCUT2D eigenvalue weighted by molar-refractivity contribution is 5.41. The molecule has 0 aromatic carbocycles. The fourth-order valence-corrected chi connectivity index (χ4v) is 1.85. The van der Waals surface area contributed by atoms with Gasteiger partial charge >= 0.3 is 0 Å². The van der Waals surface area contributed by atoms with Crippen LogP contribution in [0.1, 0.15) is 32.0 Å². The number of hydrogen-bond acceptors (Lipinski definition) is 1. The standard InChI is InChI=1S/C13H18N2/c1-4-12-9-15-8-11(7-10(2)3)5-6-13(15)14-12/h5-6,8-10H,4,7H2,1-3H3. The van der Waals surface area contributed by atoms with E-state index in [1.807, 2.05) is 0 Å². The quantitative estimate of drug-likeness (QED) is 0.747. The van der Waals surface area contributed by atoms with Crippen molar-refractivity contribution in [1.82, 2.24) is 9.38 Å². The van der Waals surface area contributed by atoms with Gasteiger partial charge in [-0.15, -0.1) is 0 Å². The molecular formula is C13H18N2. The van der Waals surface area contributed by atoms with Crippen LogP contribution in [0, 0.1) is 5.92 Å². The number of nitrogens with zero attached hydrogens (tertiary/aromatic N) is 2. The van der Waals surface area contributed by atoms with Crippen molar-refractivity contribution in [2.24, 2.45) is 5.92 Å². The zero-order valence-corrected chi connectivity index (χ0v) is 9.70. The van der Waals surface area contributed by atoms with Gasteiger partial charge < -0.3 is 4.40 Å². The van der Waals surface area contributed by atoms with Crippen molar-refractivity contribution in [3.8, 4) is 0 Å². The summed E-state index contributed by atoms with van der Waals surface area (Å²) in [5, 5.41) is 0. The third-order valence-corrected chi connectivity index (χ3v) is 2.57. The first kappa shape index (κ1) is 10.2. The van der Waals surface area contributed by atoms with E-state index in [1.54, 1.807) is 0 Å². The number of rotatable bonds is 3. The van der Waals surface area contributed by atoms with Gasteiger partial charge in [0.2, 0.25) is 0 Å². The molecule has 2 nitrogen and oxygen atoms in total. The molecule has 2 rings (SSSR count). The minimum atomic E-state index is 0.705. The van der Waals surface area contributed by atoms with Gasteiger partial charge in [-0.1, -0.05) is 26.8 Å². The van der Waals surface area contributed by atoms with E-state index in [-0.39, 0.29) is 0 Å². The second-order valence-corrected chi connectivity index (χ2v) is 4.49. The van der Waals surface area contributed by atoms with Crippen molar-refractivity contribution in [2.45, 2.75) is 33.6 Å². The van der Waals surface area contributed by atoms with Gasteiger partial charge in [-0.05, 0) is 30.4 Å². The van der Waals surface area contributed by atoms with Crippen molar-refractivity contribution in [3.05, 3.63) is 35.8 Å². The van der Waals surface area contributed by atoms with E-state index in [0.717, 1.165) is 24.2 Å². The summed E-state index contributed by atoms with van der Waals surface area (Å²) in [4.78, 5) is 4.51. The second kappa shape index (κ2) is 4.05. The van der Waals surface area contributed by atoms with Crippen LogP contribution in [0.4, 0.5) is 0 Å². The highest BCUT2D eigenvalue weighted by atomic mass is 15.0. The maximum Gasteiger partial charge on any atom is 0.136 e. The van der Waals surface area contributed by atoms with E-state index < -0.39 is 0 Å². The summed E-state index contributed by atoms with van der Waals surface area (Å²) in [6, 6.07) is 4.29. The maximum atomic E-state index is 4.51. The van der Waals surface area contributed by atoms with Crippen LogP contribution in [0.3, 0.4) is 0 Å². The van der Waals surface area contributed by atoms with Crippen LogP contribution < -0.4 is 0 Å². The third-order valence-electron chi connectivity index (χ3n) is 2.57. The van der Waals surface area contributed by atoms with Gasteiger partial charge in [-0.3, -0.25) is 0 Å². The van der Waals surface area contributed by atoms with Crippen molar-refractivity contribution in [2.75, 3.05) is 0 Å². The molecule has 2 heterocycles. The van der Waals surface area contributed by atoms with Crippen molar-refractivity contribution in [3.63, 3.8) is 0 Å². The van der Waals surface area contributed by atoms with Crippen LogP contribution in [0.2, 0.25) is 0 Å². The molecule has 0 unspecified atom stereocenters. The third kappa shape index (κ3) is 2.20. The average molecular weight is 202 g/mol. The Morgan fingerprint density at radius 3 is 2.73 bits per heavy atom. The van der Waals surface area contributed by atoms with E-state index in [2.05, 4.69) is 54.7 Å². The summed E-state index contributed by atoms with van der Waals surface area (Å²) in [6.45, 7) is 6.63. The number of hydrogen-bond donors (Lipinski definition) is 0. The molecule has 0 saturated heterocycles. The molecule has 0 atom stereocenters. The van der Waals surface area contributed by atoms with Crippen molar-refractivity contribution >= 4 is 5.65 Å². The zero-order chi connectivity index (χ0) is 10.8. The molecule has 80 valence electrons. The molecule has 0 saturated carbocycles. The first-order valence-corrected chi connectivity index (χ1v) is 5.65.